The van der Waals surface area contributed by atoms with Gasteiger partial charge in [-0.1, -0.05) is 49.2 Å². The summed E-state index contributed by atoms with van der Waals surface area (Å²) in [5.74, 6) is -0.288. The summed E-state index contributed by atoms with van der Waals surface area (Å²) in [6.07, 6.45) is 4.49. The Balaban J connectivity index is 1.45. The lowest BCUT2D eigenvalue weighted by molar-refractivity contribution is 0.0635. The summed E-state index contributed by atoms with van der Waals surface area (Å²) in [5, 5.41) is 2.83. The highest BCUT2D eigenvalue weighted by atomic mass is 32.2. The van der Waals surface area contributed by atoms with E-state index in [0.29, 0.717) is 25.1 Å². The summed E-state index contributed by atoms with van der Waals surface area (Å²) in [5.41, 5.74) is 1.45. The Morgan fingerprint density at radius 1 is 1.10 bits per heavy atom. The summed E-state index contributed by atoms with van der Waals surface area (Å²) < 4.78 is 33.7. The Bertz CT molecular complexity index is 925. The molecule has 0 bridgehead atoms. The lowest BCUT2D eigenvalue weighted by Gasteiger charge is -2.14. The van der Waals surface area contributed by atoms with Gasteiger partial charge in [0.25, 0.3) is 5.91 Å². The van der Waals surface area contributed by atoms with Crippen LogP contribution in [0.15, 0.2) is 59.5 Å². The van der Waals surface area contributed by atoms with Crippen LogP contribution in [0.1, 0.15) is 61.1 Å². The predicted octanol–water partition coefficient (Wildman–Crippen LogP) is 3.81. The fourth-order valence-corrected chi connectivity index (χ4v) is 4.94. The number of hydrogen-bond acceptors (Lipinski definition) is 4. The number of benzene rings is 2. The van der Waals surface area contributed by atoms with Crippen molar-refractivity contribution >= 4 is 15.9 Å². The van der Waals surface area contributed by atoms with Crippen LogP contribution in [0.5, 0.6) is 0 Å². The van der Waals surface area contributed by atoms with Crippen molar-refractivity contribution in [2.24, 2.45) is 0 Å². The van der Waals surface area contributed by atoms with E-state index in [4.69, 9.17) is 4.74 Å². The van der Waals surface area contributed by atoms with Gasteiger partial charge in [0.15, 0.2) is 0 Å². The van der Waals surface area contributed by atoms with Crippen LogP contribution in [-0.2, 0) is 14.8 Å². The van der Waals surface area contributed by atoms with E-state index in [1.54, 1.807) is 12.1 Å². The van der Waals surface area contributed by atoms with Gasteiger partial charge >= 0.3 is 0 Å². The van der Waals surface area contributed by atoms with Gasteiger partial charge in [-0.25, -0.2) is 13.1 Å². The number of rotatable bonds is 10. The second-order valence-corrected chi connectivity index (χ2v) is 9.38. The lowest BCUT2D eigenvalue weighted by atomic mass is 10.1. The smallest absolute Gasteiger partial charge is 0.251 e. The van der Waals surface area contributed by atoms with Crippen molar-refractivity contribution in [3.63, 3.8) is 0 Å². The van der Waals surface area contributed by atoms with Gasteiger partial charge in [-0.05, 0) is 49.9 Å². The molecule has 0 spiro atoms. The third kappa shape index (κ3) is 6.39. The average Bonchev–Trinajstić information content (AvgIpc) is 3.26. The molecule has 0 heterocycles. The van der Waals surface area contributed by atoms with Crippen molar-refractivity contribution in [1.29, 1.82) is 0 Å². The van der Waals surface area contributed by atoms with E-state index in [1.165, 1.54) is 12.1 Å². The zero-order valence-corrected chi connectivity index (χ0v) is 18.2. The third-order valence-corrected chi connectivity index (χ3v) is 6.85. The molecule has 0 aliphatic heterocycles. The fraction of sp³-hybridized carbons (Fsp3) is 0.435. The normalized spacial score (nSPS) is 15.8. The van der Waals surface area contributed by atoms with E-state index in [2.05, 4.69) is 10.0 Å². The van der Waals surface area contributed by atoms with Gasteiger partial charge in [-0.15, -0.1) is 0 Å². The number of ether oxygens (including phenoxy) is 1. The molecule has 1 aliphatic carbocycles. The Morgan fingerprint density at radius 2 is 1.83 bits per heavy atom. The van der Waals surface area contributed by atoms with E-state index in [0.717, 1.165) is 31.2 Å². The van der Waals surface area contributed by atoms with E-state index in [-0.39, 0.29) is 22.9 Å². The van der Waals surface area contributed by atoms with Gasteiger partial charge in [-0.2, -0.15) is 0 Å². The fourth-order valence-electron chi connectivity index (χ4n) is 3.59. The summed E-state index contributed by atoms with van der Waals surface area (Å²) in [6.45, 7) is 2.98. The molecule has 1 atom stereocenters. The molecule has 3 rings (SSSR count). The SMILES string of the molecule is CC(OCCCNC(=O)c1cccc(S(=O)(=O)NC2CCCC2)c1)c1ccccc1. The van der Waals surface area contributed by atoms with E-state index in [1.807, 2.05) is 37.3 Å². The number of amides is 1. The molecule has 0 radical (unpaired) electrons. The van der Waals surface area contributed by atoms with Crippen LogP contribution < -0.4 is 10.0 Å². The third-order valence-electron chi connectivity index (χ3n) is 5.33. The predicted molar refractivity (Wildman–Crippen MR) is 117 cm³/mol. The largest absolute Gasteiger partial charge is 0.374 e. The van der Waals surface area contributed by atoms with Gasteiger partial charge in [0, 0.05) is 24.8 Å². The molecule has 2 aromatic carbocycles. The summed E-state index contributed by atoms with van der Waals surface area (Å²) in [6, 6.07) is 16.1. The first kappa shape index (κ1) is 22.5. The summed E-state index contributed by atoms with van der Waals surface area (Å²) in [7, 11) is -3.61. The minimum atomic E-state index is -3.61. The molecule has 1 fully saturated rings. The van der Waals surface area contributed by atoms with Gasteiger partial charge in [-0.3, -0.25) is 4.79 Å². The van der Waals surface area contributed by atoms with Crippen molar-refractivity contribution in [1.82, 2.24) is 10.0 Å². The van der Waals surface area contributed by atoms with Crippen molar-refractivity contribution in [2.45, 2.75) is 56.1 Å². The maximum atomic E-state index is 12.6. The van der Waals surface area contributed by atoms with E-state index in [9.17, 15) is 13.2 Å². The first-order valence-electron chi connectivity index (χ1n) is 10.5. The van der Waals surface area contributed by atoms with Gasteiger partial charge < -0.3 is 10.1 Å². The number of nitrogens with one attached hydrogen (secondary N) is 2. The first-order valence-corrected chi connectivity index (χ1v) is 12.0. The van der Waals surface area contributed by atoms with Gasteiger partial charge in [0.05, 0.1) is 11.0 Å². The average molecular weight is 431 g/mol. The van der Waals surface area contributed by atoms with Crippen LogP contribution in [0, 0.1) is 0 Å². The molecule has 2 N–H and O–H groups in total. The second-order valence-electron chi connectivity index (χ2n) is 7.66. The van der Waals surface area contributed by atoms with E-state index >= 15 is 0 Å². The number of sulfonamides is 1. The quantitative estimate of drug-likeness (QED) is 0.562. The lowest BCUT2D eigenvalue weighted by Crippen LogP contribution is -2.33. The summed E-state index contributed by atoms with van der Waals surface area (Å²) in [4.78, 5) is 12.5. The highest BCUT2D eigenvalue weighted by Gasteiger charge is 2.23. The first-order chi connectivity index (χ1) is 14.5. The van der Waals surface area contributed by atoms with Crippen LogP contribution in [0.3, 0.4) is 0 Å². The maximum absolute atomic E-state index is 12.6. The molecule has 1 aliphatic rings. The highest BCUT2D eigenvalue weighted by Crippen LogP contribution is 2.21. The Labute approximate surface area is 179 Å². The molecule has 6 nitrogen and oxygen atoms in total. The molecular formula is C23H30N2O4S. The van der Waals surface area contributed by atoms with Crippen molar-refractivity contribution in [2.75, 3.05) is 13.2 Å². The van der Waals surface area contributed by atoms with Crippen LogP contribution in [-0.4, -0.2) is 33.5 Å². The zero-order chi connectivity index (χ0) is 21.4. The Morgan fingerprint density at radius 3 is 2.57 bits per heavy atom. The molecule has 1 amide bonds. The molecule has 0 aromatic heterocycles. The molecule has 7 heteroatoms. The monoisotopic (exact) mass is 430 g/mol. The molecule has 162 valence electrons. The van der Waals surface area contributed by atoms with Crippen molar-refractivity contribution < 1.29 is 17.9 Å². The highest BCUT2D eigenvalue weighted by molar-refractivity contribution is 7.89. The maximum Gasteiger partial charge on any atom is 0.251 e. The van der Waals surface area contributed by atoms with Gasteiger partial charge in [0.1, 0.15) is 0 Å². The Hall–Kier alpha value is -2.22. The zero-order valence-electron chi connectivity index (χ0n) is 17.3. The topological polar surface area (TPSA) is 84.5 Å². The number of carbonyl (C=O) groups is 1. The molecule has 0 saturated heterocycles. The molecular weight excluding hydrogens is 400 g/mol. The number of hydrogen-bond donors (Lipinski definition) is 2. The second kappa shape index (κ2) is 10.7. The van der Waals surface area contributed by atoms with E-state index < -0.39 is 10.0 Å². The van der Waals surface area contributed by atoms with Crippen molar-refractivity contribution in [3.8, 4) is 0 Å². The molecule has 30 heavy (non-hydrogen) atoms. The molecule has 1 saturated carbocycles. The molecule has 2 aromatic rings. The van der Waals surface area contributed by atoms with Gasteiger partial charge in [0.2, 0.25) is 10.0 Å². The van der Waals surface area contributed by atoms with Crippen LogP contribution >= 0.6 is 0 Å². The number of carbonyl (C=O) groups excluding carboxylic acids is 1. The van der Waals surface area contributed by atoms with Crippen LogP contribution in [0.4, 0.5) is 0 Å². The minimum absolute atomic E-state index is 0.00356. The summed E-state index contributed by atoms with van der Waals surface area (Å²) >= 11 is 0. The van der Waals surface area contributed by atoms with Crippen LogP contribution in [0.2, 0.25) is 0 Å². The van der Waals surface area contributed by atoms with Crippen LogP contribution in [0.25, 0.3) is 0 Å². The molecule has 1 unspecified atom stereocenters. The Kier molecular flexibility index (Phi) is 8.01. The standard InChI is InChI=1S/C23H30N2O4S/c1-18(19-9-3-2-4-10-19)29-16-8-15-24-23(26)20-11-7-14-22(17-20)30(27,28)25-21-12-5-6-13-21/h2-4,7,9-11,14,17-18,21,25H,5-6,8,12-13,15-16H2,1H3,(H,24,26). The minimum Gasteiger partial charge on any atom is -0.374 e. The van der Waals surface area contributed by atoms with Crippen molar-refractivity contribution in [3.05, 3.63) is 65.7 Å².